The number of hydrogen-bond donors (Lipinski definition) is 4. The predicted octanol–water partition coefficient (Wildman–Crippen LogP) is 1.86. The highest BCUT2D eigenvalue weighted by Crippen LogP contribution is 2.65. The molecule has 0 radical (unpaired) electrons. The quantitative estimate of drug-likeness (QED) is 0.448. The lowest BCUT2D eigenvalue weighted by Gasteiger charge is -2.64. The van der Waals surface area contributed by atoms with Crippen LogP contribution in [0.2, 0.25) is 5.02 Å². The molecule has 5 rings (SSSR count). The lowest BCUT2D eigenvalue weighted by atomic mass is 9.55. The van der Waals surface area contributed by atoms with Crippen LogP contribution in [0.3, 0.4) is 0 Å². The molecule has 34 heavy (non-hydrogen) atoms. The number of ether oxygens (including phenoxy) is 3. The van der Waals surface area contributed by atoms with Crippen molar-refractivity contribution in [1.82, 2.24) is 0 Å². The van der Waals surface area contributed by atoms with E-state index in [9.17, 15) is 20.4 Å². The third-order valence-electron chi connectivity index (χ3n) is 8.32. The standard InChI is InChI=1S/C24H33ClO9/c1-12-9-13-5-3-6-14(10-13)23(12)24(30-2,34-33-23)15-7-4-8-16(18(15)25)31-22-21(29)20(28)19(27)17(11-26)32-22/h4,7-8,12-14,17,19-22,26-29H,3,5-6,9-11H2,1-2H3/t12?,13?,14?,17?,19-,20?,21?,22+,23?,24?/m0/s1. The normalized spacial score (nSPS) is 46.2. The van der Waals surface area contributed by atoms with Crippen LogP contribution >= 0.6 is 11.6 Å². The maximum Gasteiger partial charge on any atom is 0.262 e. The van der Waals surface area contributed by atoms with Gasteiger partial charge in [0.15, 0.2) is 5.60 Å². The zero-order valence-corrected chi connectivity index (χ0v) is 20.1. The summed E-state index contributed by atoms with van der Waals surface area (Å²) in [5.74, 6) is 0.0572. The summed E-state index contributed by atoms with van der Waals surface area (Å²) in [5.41, 5.74) is -0.148. The zero-order valence-electron chi connectivity index (χ0n) is 19.3. The van der Waals surface area contributed by atoms with E-state index in [-0.39, 0.29) is 22.6 Å². The Morgan fingerprint density at radius 1 is 1.09 bits per heavy atom. The van der Waals surface area contributed by atoms with Gasteiger partial charge in [-0.2, -0.15) is 4.89 Å². The van der Waals surface area contributed by atoms with E-state index in [0.29, 0.717) is 11.5 Å². The molecule has 2 aliphatic heterocycles. The van der Waals surface area contributed by atoms with Gasteiger partial charge in [0.25, 0.3) is 5.79 Å². The summed E-state index contributed by atoms with van der Waals surface area (Å²) in [6, 6.07) is 5.13. The van der Waals surface area contributed by atoms with Gasteiger partial charge in [-0.3, -0.25) is 0 Å². The van der Waals surface area contributed by atoms with Crippen molar-refractivity contribution in [2.45, 2.75) is 81.1 Å². The molecule has 9 nitrogen and oxygen atoms in total. The highest BCUT2D eigenvalue weighted by atomic mass is 35.5. The van der Waals surface area contributed by atoms with Crippen molar-refractivity contribution >= 4 is 11.6 Å². The summed E-state index contributed by atoms with van der Waals surface area (Å²) in [7, 11) is 1.58. The monoisotopic (exact) mass is 500 g/mol. The first-order chi connectivity index (χ1) is 16.3. The number of hydrogen-bond acceptors (Lipinski definition) is 9. The van der Waals surface area contributed by atoms with E-state index in [0.717, 1.165) is 25.7 Å². The summed E-state index contributed by atoms with van der Waals surface area (Å²) in [6.07, 6.45) is -1.58. The molecule has 10 atom stereocenters. The minimum absolute atomic E-state index is 0.176. The van der Waals surface area contributed by atoms with Gasteiger partial charge >= 0.3 is 0 Å². The number of halogens is 1. The lowest BCUT2D eigenvalue weighted by molar-refractivity contribution is -0.640. The van der Waals surface area contributed by atoms with Crippen LogP contribution in [-0.2, 0) is 25.0 Å². The number of benzene rings is 1. The molecule has 1 aromatic rings. The van der Waals surface area contributed by atoms with Crippen molar-refractivity contribution in [2.24, 2.45) is 17.8 Å². The molecule has 1 spiro atoms. The summed E-state index contributed by atoms with van der Waals surface area (Å²) >= 11 is 6.83. The van der Waals surface area contributed by atoms with Crippen LogP contribution in [-0.4, -0.2) is 70.4 Å². The van der Waals surface area contributed by atoms with Crippen LogP contribution in [0.25, 0.3) is 0 Å². The SMILES string of the molecule is COC1(c2cccc(O[C@@H]3OC(CO)[C@H](O)C(O)C3O)c2Cl)OOC12C(C)CC1CCCC2C1. The second kappa shape index (κ2) is 9.14. The molecule has 1 aromatic carbocycles. The second-order valence-corrected chi connectivity index (χ2v) is 10.5. The van der Waals surface area contributed by atoms with Gasteiger partial charge < -0.3 is 34.6 Å². The summed E-state index contributed by atoms with van der Waals surface area (Å²) in [4.78, 5) is 11.7. The van der Waals surface area contributed by atoms with Gasteiger partial charge in [0.05, 0.1) is 11.6 Å². The Morgan fingerprint density at radius 2 is 1.88 bits per heavy atom. The van der Waals surface area contributed by atoms with Crippen LogP contribution in [0, 0.1) is 17.8 Å². The molecule has 8 unspecified atom stereocenters. The smallest absolute Gasteiger partial charge is 0.262 e. The molecule has 4 aliphatic rings. The lowest BCUT2D eigenvalue weighted by Crippen LogP contribution is -2.74. The molecular weight excluding hydrogens is 468 g/mol. The molecule has 2 aliphatic carbocycles. The van der Waals surface area contributed by atoms with Crippen molar-refractivity contribution < 1.29 is 44.4 Å². The van der Waals surface area contributed by atoms with E-state index in [1.54, 1.807) is 25.3 Å². The van der Waals surface area contributed by atoms with E-state index in [2.05, 4.69) is 6.92 Å². The van der Waals surface area contributed by atoms with Crippen LogP contribution in [0.15, 0.2) is 18.2 Å². The molecule has 0 amide bonds. The number of aliphatic hydroxyl groups is 4. The largest absolute Gasteiger partial charge is 0.460 e. The Kier molecular flexibility index (Phi) is 6.63. The minimum Gasteiger partial charge on any atom is -0.460 e. The minimum atomic E-state index is -1.56. The predicted molar refractivity (Wildman–Crippen MR) is 119 cm³/mol. The first kappa shape index (κ1) is 24.7. The van der Waals surface area contributed by atoms with Crippen molar-refractivity contribution in [3.63, 3.8) is 0 Å². The molecule has 4 fully saturated rings. The Morgan fingerprint density at radius 3 is 2.56 bits per heavy atom. The van der Waals surface area contributed by atoms with Crippen molar-refractivity contribution in [2.75, 3.05) is 13.7 Å². The summed E-state index contributed by atoms with van der Waals surface area (Å²) in [6.45, 7) is 1.61. The average molecular weight is 501 g/mol. The molecule has 2 bridgehead atoms. The summed E-state index contributed by atoms with van der Waals surface area (Å²) in [5, 5.41) is 40.2. The van der Waals surface area contributed by atoms with E-state index in [4.69, 9.17) is 35.6 Å². The highest BCUT2D eigenvalue weighted by molar-refractivity contribution is 6.33. The van der Waals surface area contributed by atoms with Crippen LogP contribution < -0.4 is 4.74 Å². The third kappa shape index (κ3) is 3.44. The van der Waals surface area contributed by atoms with Crippen LogP contribution in [0.4, 0.5) is 0 Å². The molecule has 190 valence electrons. The van der Waals surface area contributed by atoms with E-state index < -0.39 is 48.7 Å². The number of methoxy groups -OCH3 is 1. The van der Waals surface area contributed by atoms with E-state index in [1.807, 2.05) is 0 Å². The topological polar surface area (TPSA) is 127 Å². The molecule has 2 saturated carbocycles. The van der Waals surface area contributed by atoms with Crippen molar-refractivity contribution in [3.05, 3.63) is 28.8 Å². The Balaban J connectivity index is 1.47. The number of rotatable bonds is 5. The van der Waals surface area contributed by atoms with Crippen molar-refractivity contribution in [3.8, 4) is 5.75 Å². The Labute approximate surface area is 203 Å². The molecule has 2 heterocycles. The molecule has 2 saturated heterocycles. The van der Waals surface area contributed by atoms with Crippen molar-refractivity contribution in [1.29, 1.82) is 0 Å². The van der Waals surface area contributed by atoms with Gasteiger partial charge in [-0.05, 0) is 43.1 Å². The average Bonchev–Trinajstić information content (AvgIpc) is 2.81. The van der Waals surface area contributed by atoms with Gasteiger partial charge in [0.1, 0.15) is 30.2 Å². The van der Waals surface area contributed by atoms with Crippen LogP contribution in [0.5, 0.6) is 5.75 Å². The number of aliphatic hydroxyl groups excluding tert-OH is 4. The third-order valence-corrected chi connectivity index (χ3v) is 8.71. The van der Waals surface area contributed by atoms with Gasteiger partial charge in [0.2, 0.25) is 6.29 Å². The van der Waals surface area contributed by atoms with E-state index in [1.165, 1.54) is 6.42 Å². The fraction of sp³-hybridized carbons (Fsp3) is 0.750. The first-order valence-electron chi connectivity index (χ1n) is 12.0. The Hall–Kier alpha value is -1.01. The second-order valence-electron chi connectivity index (χ2n) is 10.1. The fourth-order valence-electron chi connectivity index (χ4n) is 6.63. The maximum atomic E-state index is 10.4. The van der Waals surface area contributed by atoms with Gasteiger partial charge in [-0.1, -0.05) is 43.5 Å². The Bertz CT molecular complexity index is 893. The van der Waals surface area contributed by atoms with Gasteiger partial charge in [-0.15, -0.1) is 0 Å². The maximum absolute atomic E-state index is 10.4. The van der Waals surface area contributed by atoms with E-state index >= 15 is 0 Å². The molecule has 10 heteroatoms. The molecule has 4 N–H and O–H groups in total. The van der Waals surface area contributed by atoms with Gasteiger partial charge in [-0.25, -0.2) is 4.89 Å². The zero-order chi connectivity index (χ0) is 24.3. The fourth-order valence-corrected chi connectivity index (χ4v) is 6.93. The number of fused-ring (bicyclic) bond motifs is 3. The molecular formula is C24H33ClO9. The van der Waals surface area contributed by atoms with Gasteiger partial charge in [0, 0.05) is 12.7 Å². The molecule has 0 aromatic heterocycles. The summed E-state index contributed by atoms with van der Waals surface area (Å²) < 4.78 is 17.4. The van der Waals surface area contributed by atoms with Crippen LogP contribution in [0.1, 0.15) is 44.6 Å². The first-order valence-corrected chi connectivity index (χ1v) is 12.3. The highest BCUT2D eigenvalue weighted by Gasteiger charge is 2.74.